The van der Waals surface area contributed by atoms with Crippen molar-refractivity contribution in [1.29, 1.82) is 0 Å². The van der Waals surface area contributed by atoms with E-state index in [0.717, 1.165) is 24.8 Å². The molecule has 0 unspecified atom stereocenters. The number of carbonyl (C=O) groups excluding carboxylic acids is 2. The topological polar surface area (TPSA) is 70.7 Å². The van der Waals surface area contributed by atoms with Crippen LogP contribution in [0.2, 0.25) is 0 Å². The van der Waals surface area contributed by atoms with Gasteiger partial charge in [0.25, 0.3) is 0 Å². The Labute approximate surface area is 143 Å². The second-order valence-corrected chi connectivity index (χ2v) is 5.31. The molecule has 0 aliphatic rings. The molecular formula is C18H27N3O3. The fourth-order valence-corrected chi connectivity index (χ4v) is 1.97. The number of hydrazine groups is 1. The van der Waals surface area contributed by atoms with Crippen molar-refractivity contribution in [3.8, 4) is 0 Å². The van der Waals surface area contributed by atoms with Crippen LogP contribution in [0.1, 0.15) is 31.7 Å². The van der Waals surface area contributed by atoms with Gasteiger partial charge in [-0.15, -0.1) is 6.58 Å². The van der Waals surface area contributed by atoms with Crippen molar-refractivity contribution in [3.05, 3.63) is 48.6 Å². The largest absolute Gasteiger partial charge is 0.465 e. The van der Waals surface area contributed by atoms with Crippen LogP contribution < -0.4 is 10.7 Å². The fraction of sp³-hybridized carbons (Fsp3) is 0.444. The predicted octanol–water partition coefficient (Wildman–Crippen LogP) is 2.62. The van der Waals surface area contributed by atoms with Crippen LogP contribution in [-0.4, -0.2) is 36.7 Å². The van der Waals surface area contributed by atoms with Crippen molar-refractivity contribution in [2.45, 2.75) is 32.7 Å². The van der Waals surface area contributed by atoms with Gasteiger partial charge in [-0.25, -0.2) is 10.2 Å². The number of rotatable bonds is 11. The van der Waals surface area contributed by atoms with Crippen LogP contribution in [0.25, 0.3) is 0 Å². The molecule has 2 N–H and O–H groups in total. The molecule has 1 aromatic carbocycles. The Morgan fingerprint density at radius 3 is 2.67 bits per heavy atom. The molecule has 1 aromatic rings. The van der Waals surface area contributed by atoms with Gasteiger partial charge in [0.2, 0.25) is 0 Å². The Kier molecular flexibility index (Phi) is 9.96. The monoisotopic (exact) mass is 333 g/mol. The van der Waals surface area contributed by atoms with Crippen LogP contribution in [-0.2, 0) is 16.1 Å². The van der Waals surface area contributed by atoms with Gasteiger partial charge in [0.1, 0.15) is 6.54 Å². The highest BCUT2D eigenvalue weighted by Crippen LogP contribution is 1.98. The van der Waals surface area contributed by atoms with E-state index in [-0.39, 0.29) is 25.1 Å². The van der Waals surface area contributed by atoms with Crippen LogP contribution in [0, 0.1) is 0 Å². The highest BCUT2D eigenvalue weighted by molar-refractivity contribution is 5.75. The lowest BCUT2D eigenvalue weighted by Crippen LogP contribution is -2.49. The van der Waals surface area contributed by atoms with Gasteiger partial charge >= 0.3 is 12.0 Å². The maximum atomic E-state index is 12.2. The molecular weight excluding hydrogens is 306 g/mol. The van der Waals surface area contributed by atoms with Crippen LogP contribution >= 0.6 is 0 Å². The zero-order chi connectivity index (χ0) is 17.6. The van der Waals surface area contributed by atoms with Crippen LogP contribution in [0.5, 0.6) is 0 Å². The lowest BCUT2D eigenvalue weighted by Gasteiger charge is -2.22. The summed E-state index contributed by atoms with van der Waals surface area (Å²) >= 11 is 0. The predicted molar refractivity (Wildman–Crippen MR) is 94.1 cm³/mol. The van der Waals surface area contributed by atoms with E-state index in [1.807, 2.05) is 30.3 Å². The average molecular weight is 333 g/mol. The SMILES string of the molecule is C=CCN(NCC(=O)OCCCCC)C(=O)NCc1ccccc1. The summed E-state index contributed by atoms with van der Waals surface area (Å²) in [5.41, 5.74) is 3.77. The molecule has 0 bridgehead atoms. The molecule has 132 valence electrons. The van der Waals surface area contributed by atoms with Gasteiger partial charge in [0.15, 0.2) is 0 Å². The summed E-state index contributed by atoms with van der Waals surface area (Å²) in [5, 5.41) is 4.10. The molecule has 0 heterocycles. The number of amides is 2. The first-order valence-corrected chi connectivity index (χ1v) is 8.26. The number of unbranched alkanes of at least 4 members (excludes halogenated alkanes) is 2. The Balaban J connectivity index is 2.35. The minimum Gasteiger partial charge on any atom is -0.465 e. The highest BCUT2D eigenvalue weighted by Gasteiger charge is 2.13. The third kappa shape index (κ3) is 8.33. The second kappa shape index (κ2) is 12.1. The molecule has 0 aliphatic carbocycles. The Morgan fingerprint density at radius 1 is 1.25 bits per heavy atom. The standard InChI is InChI=1S/C18H27N3O3/c1-3-5-9-13-24-17(22)15-20-21(12-4-2)18(23)19-14-16-10-7-6-8-11-16/h4,6-8,10-11,20H,2-3,5,9,12-15H2,1H3,(H,19,23). The van der Waals surface area contributed by atoms with Crippen molar-refractivity contribution in [2.75, 3.05) is 19.7 Å². The van der Waals surface area contributed by atoms with Gasteiger partial charge in [-0.3, -0.25) is 9.80 Å². The first-order valence-electron chi connectivity index (χ1n) is 8.26. The van der Waals surface area contributed by atoms with Crippen molar-refractivity contribution in [3.63, 3.8) is 0 Å². The van der Waals surface area contributed by atoms with E-state index < -0.39 is 0 Å². The summed E-state index contributed by atoms with van der Waals surface area (Å²) in [6, 6.07) is 9.28. The summed E-state index contributed by atoms with van der Waals surface area (Å²) in [7, 11) is 0. The van der Waals surface area contributed by atoms with Gasteiger partial charge in [-0.1, -0.05) is 56.2 Å². The first kappa shape index (κ1) is 19.7. The van der Waals surface area contributed by atoms with Crippen molar-refractivity contribution < 1.29 is 14.3 Å². The van der Waals surface area contributed by atoms with Crippen LogP contribution in [0.15, 0.2) is 43.0 Å². The van der Waals surface area contributed by atoms with E-state index in [2.05, 4.69) is 24.2 Å². The number of hydrogen-bond acceptors (Lipinski definition) is 4. The van der Waals surface area contributed by atoms with E-state index in [0.29, 0.717) is 13.2 Å². The van der Waals surface area contributed by atoms with Gasteiger partial charge in [-0.05, 0) is 12.0 Å². The van der Waals surface area contributed by atoms with Crippen molar-refractivity contribution in [2.24, 2.45) is 0 Å². The molecule has 24 heavy (non-hydrogen) atoms. The van der Waals surface area contributed by atoms with Crippen LogP contribution in [0.4, 0.5) is 4.79 Å². The van der Waals surface area contributed by atoms with Crippen LogP contribution in [0.3, 0.4) is 0 Å². The van der Waals surface area contributed by atoms with Gasteiger partial charge in [0, 0.05) is 6.54 Å². The Hall–Kier alpha value is -2.34. The summed E-state index contributed by atoms with van der Waals surface area (Å²) in [4.78, 5) is 23.8. The third-order valence-corrected chi connectivity index (χ3v) is 3.27. The number of nitrogens with one attached hydrogen (secondary N) is 2. The van der Waals surface area contributed by atoms with E-state index >= 15 is 0 Å². The minimum absolute atomic E-state index is 0.0568. The fourth-order valence-electron chi connectivity index (χ4n) is 1.97. The molecule has 0 aromatic heterocycles. The lowest BCUT2D eigenvalue weighted by atomic mass is 10.2. The number of carbonyl (C=O) groups is 2. The highest BCUT2D eigenvalue weighted by atomic mass is 16.5. The summed E-state index contributed by atoms with van der Waals surface area (Å²) in [6.07, 6.45) is 4.55. The molecule has 0 saturated carbocycles. The van der Waals surface area contributed by atoms with Crippen molar-refractivity contribution in [1.82, 2.24) is 15.8 Å². The molecule has 1 rings (SSSR count). The molecule has 0 fully saturated rings. The lowest BCUT2D eigenvalue weighted by molar-refractivity contribution is -0.143. The molecule has 0 radical (unpaired) electrons. The number of esters is 1. The maximum absolute atomic E-state index is 12.2. The molecule has 0 aliphatic heterocycles. The molecule has 0 saturated heterocycles. The molecule has 0 atom stereocenters. The Morgan fingerprint density at radius 2 is 2.00 bits per heavy atom. The number of hydrogen-bond donors (Lipinski definition) is 2. The summed E-state index contributed by atoms with van der Waals surface area (Å²) < 4.78 is 5.10. The normalized spacial score (nSPS) is 10.0. The van der Waals surface area contributed by atoms with E-state index in [1.54, 1.807) is 6.08 Å². The quantitative estimate of drug-likeness (QED) is 0.283. The minimum atomic E-state index is -0.379. The second-order valence-electron chi connectivity index (χ2n) is 5.31. The number of nitrogens with zero attached hydrogens (tertiary/aromatic N) is 1. The van der Waals surface area contributed by atoms with Gasteiger partial charge in [-0.2, -0.15) is 0 Å². The zero-order valence-electron chi connectivity index (χ0n) is 14.3. The Bertz CT molecular complexity index is 505. The van der Waals surface area contributed by atoms with Gasteiger partial charge in [0.05, 0.1) is 13.2 Å². The number of urea groups is 1. The van der Waals surface area contributed by atoms with E-state index in [9.17, 15) is 9.59 Å². The first-order chi connectivity index (χ1) is 11.7. The molecule has 6 heteroatoms. The molecule has 0 spiro atoms. The smallest absolute Gasteiger partial charge is 0.332 e. The molecule has 6 nitrogen and oxygen atoms in total. The zero-order valence-corrected chi connectivity index (χ0v) is 14.3. The molecule has 2 amide bonds. The maximum Gasteiger partial charge on any atom is 0.332 e. The van der Waals surface area contributed by atoms with E-state index in [4.69, 9.17) is 4.74 Å². The van der Waals surface area contributed by atoms with Gasteiger partial charge < -0.3 is 10.1 Å². The number of benzene rings is 1. The average Bonchev–Trinajstić information content (AvgIpc) is 2.61. The summed E-state index contributed by atoms with van der Waals surface area (Å²) in [6.45, 7) is 6.76. The third-order valence-electron chi connectivity index (χ3n) is 3.27. The van der Waals surface area contributed by atoms with Crippen molar-refractivity contribution >= 4 is 12.0 Å². The van der Waals surface area contributed by atoms with E-state index in [1.165, 1.54) is 5.01 Å². The summed E-state index contributed by atoms with van der Waals surface area (Å²) in [5.74, 6) is -0.379. The number of ether oxygens (including phenoxy) is 1.